The van der Waals surface area contributed by atoms with Gasteiger partial charge in [0.1, 0.15) is 5.82 Å². The summed E-state index contributed by atoms with van der Waals surface area (Å²) < 4.78 is 14.3. The molecule has 0 unspecified atom stereocenters. The van der Waals surface area contributed by atoms with Gasteiger partial charge in [0.2, 0.25) is 0 Å². The first-order valence-corrected chi connectivity index (χ1v) is 6.62. The lowest BCUT2D eigenvalue weighted by Crippen LogP contribution is -2.13. The van der Waals surface area contributed by atoms with Gasteiger partial charge in [-0.05, 0) is 36.4 Å². The molecule has 0 aliphatic rings. The molecule has 20 heavy (non-hydrogen) atoms. The number of nitrogens with one attached hydrogen (secondary N) is 2. The first kappa shape index (κ1) is 12.8. The Morgan fingerprint density at radius 2 is 2.10 bits per heavy atom. The fourth-order valence-electron chi connectivity index (χ4n) is 1.89. The van der Waals surface area contributed by atoms with Crippen molar-refractivity contribution in [3.8, 4) is 0 Å². The van der Waals surface area contributed by atoms with Gasteiger partial charge in [0.15, 0.2) is 0 Å². The summed E-state index contributed by atoms with van der Waals surface area (Å²) in [5, 5.41) is 10.3. The van der Waals surface area contributed by atoms with Gasteiger partial charge in [-0.3, -0.25) is 9.89 Å². The van der Waals surface area contributed by atoms with E-state index in [1.54, 1.807) is 30.5 Å². The molecule has 1 amide bonds. The Hall–Kier alpha value is -2.21. The molecule has 3 aromatic rings. The molecule has 1 aromatic heterocycles. The SMILES string of the molecule is O=C(Nc1ccc2[nH]ncc2c1)c1ccc(Br)cc1F. The minimum atomic E-state index is -0.568. The van der Waals surface area contributed by atoms with Crippen molar-refractivity contribution in [2.75, 3.05) is 5.32 Å². The van der Waals surface area contributed by atoms with Gasteiger partial charge < -0.3 is 5.32 Å². The zero-order chi connectivity index (χ0) is 14.1. The number of aromatic nitrogens is 2. The Morgan fingerprint density at radius 1 is 1.25 bits per heavy atom. The van der Waals surface area contributed by atoms with E-state index in [1.807, 2.05) is 0 Å². The normalized spacial score (nSPS) is 10.7. The van der Waals surface area contributed by atoms with Crippen LogP contribution >= 0.6 is 15.9 Å². The van der Waals surface area contributed by atoms with Gasteiger partial charge in [0.25, 0.3) is 5.91 Å². The van der Waals surface area contributed by atoms with Crippen LogP contribution in [-0.4, -0.2) is 16.1 Å². The van der Waals surface area contributed by atoms with Gasteiger partial charge in [0, 0.05) is 15.5 Å². The topological polar surface area (TPSA) is 57.8 Å². The van der Waals surface area contributed by atoms with E-state index in [4.69, 9.17) is 0 Å². The summed E-state index contributed by atoms with van der Waals surface area (Å²) in [5.74, 6) is -1.06. The summed E-state index contributed by atoms with van der Waals surface area (Å²) in [5.41, 5.74) is 1.46. The zero-order valence-corrected chi connectivity index (χ0v) is 11.7. The van der Waals surface area contributed by atoms with Crippen molar-refractivity contribution in [1.82, 2.24) is 10.2 Å². The van der Waals surface area contributed by atoms with Crippen LogP contribution in [0.2, 0.25) is 0 Å². The van der Waals surface area contributed by atoms with Gasteiger partial charge >= 0.3 is 0 Å². The number of amides is 1. The van der Waals surface area contributed by atoms with Gasteiger partial charge in [-0.1, -0.05) is 15.9 Å². The van der Waals surface area contributed by atoms with Crippen molar-refractivity contribution in [2.45, 2.75) is 0 Å². The lowest BCUT2D eigenvalue weighted by atomic mass is 10.2. The number of fused-ring (bicyclic) bond motifs is 1. The van der Waals surface area contributed by atoms with Crippen LogP contribution in [-0.2, 0) is 0 Å². The van der Waals surface area contributed by atoms with Crippen LogP contribution in [0.1, 0.15) is 10.4 Å². The molecule has 0 aliphatic heterocycles. The molecule has 0 saturated heterocycles. The van der Waals surface area contributed by atoms with E-state index in [9.17, 15) is 9.18 Å². The molecule has 2 N–H and O–H groups in total. The van der Waals surface area contributed by atoms with Gasteiger partial charge in [-0.25, -0.2) is 4.39 Å². The van der Waals surface area contributed by atoms with Crippen LogP contribution in [0.15, 0.2) is 47.1 Å². The van der Waals surface area contributed by atoms with Crippen molar-refractivity contribution >= 4 is 38.4 Å². The number of nitrogens with zero attached hydrogens (tertiary/aromatic N) is 1. The smallest absolute Gasteiger partial charge is 0.258 e. The van der Waals surface area contributed by atoms with Crippen LogP contribution in [0.5, 0.6) is 0 Å². The summed E-state index contributed by atoms with van der Waals surface area (Å²) in [7, 11) is 0. The van der Waals surface area contributed by atoms with E-state index in [1.165, 1.54) is 12.1 Å². The number of halogens is 2. The number of benzene rings is 2. The van der Waals surface area contributed by atoms with Crippen LogP contribution in [0.3, 0.4) is 0 Å². The lowest BCUT2D eigenvalue weighted by molar-refractivity contribution is 0.102. The summed E-state index contributed by atoms with van der Waals surface area (Å²) in [6.45, 7) is 0. The number of hydrogen-bond acceptors (Lipinski definition) is 2. The van der Waals surface area contributed by atoms with Crippen LogP contribution < -0.4 is 5.32 Å². The number of carbonyl (C=O) groups is 1. The molecule has 0 saturated carbocycles. The van der Waals surface area contributed by atoms with Gasteiger partial charge in [-0.15, -0.1) is 0 Å². The molecule has 6 heteroatoms. The maximum Gasteiger partial charge on any atom is 0.258 e. The Morgan fingerprint density at radius 3 is 2.90 bits per heavy atom. The molecule has 3 rings (SSSR count). The molecular formula is C14H9BrFN3O. The third-order valence-corrected chi connectivity index (χ3v) is 3.37. The highest BCUT2D eigenvalue weighted by Crippen LogP contribution is 2.19. The Labute approximate surface area is 122 Å². The molecule has 0 bridgehead atoms. The quantitative estimate of drug-likeness (QED) is 0.750. The number of aromatic amines is 1. The third kappa shape index (κ3) is 2.42. The molecule has 2 aromatic carbocycles. The van der Waals surface area contributed by atoms with Crippen molar-refractivity contribution in [2.24, 2.45) is 0 Å². The predicted molar refractivity (Wildman–Crippen MR) is 78.1 cm³/mol. The summed E-state index contributed by atoms with van der Waals surface area (Å²) >= 11 is 3.15. The maximum atomic E-state index is 13.7. The van der Waals surface area contributed by atoms with Crippen molar-refractivity contribution < 1.29 is 9.18 Å². The summed E-state index contributed by atoms with van der Waals surface area (Å²) in [4.78, 5) is 12.0. The average Bonchev–Trinajstić information content (AvgIpc) is 2.85. The number of carbonyl (C=O) groups excluding carboxylic acids is 1. The van der Waals surface area contributed by atoms with E-state index in [0.29, 0.717) is 10.2 Å². The van der Waals surface area contributed by atoms with E-state index < -0.39 is 11.7 Å². The lowest BCUT2D eigenvalue weighted by Gasteiger charge is -2.06. The second-order valence-corrected chi connectivity index (χ2v) is 5.17. The first-order chi connectivity index (χ1) is 9.63. The van der Waals surface area contributed by atoms with Crippen molar-refractivity contribution in [3.05, 3.63) is 58.4 Å². The highest BCUT2D eigenvalue weighted by molar-refractivity contribution is 9.10. The molecular weight excluding hydrogens is 325 g/mol. The van der Waals surface area contributed by atoms with Crippen LogP contribution in [0.25, 0.3) is 10.9 Å². The minimum Gasteiger partial charge on any atom is -0.322 e. The zero-order valence-electron chi connectivity index (χ0n) is 10.2. The Balaban J connectivity index is 1.87. The molecule has 4 nitrogen and oxygen atoms in total. The number of H-pyrrole nitrogens is 1. The fraction of sp³-hybridized carbons (Fsp3) is 0. The van der Waals surface area contributed by atoms with E-state index in [-0.39, 0.29) is 5.56 Å². The van der Waals surface area contributed by atoms with Gasteiger partial charge in [0.05, 0.1) is 17.3 Å². The molecule has 0 fully saturated rings. The average molecular weight is 334 g/mol. The highest BCUT2D eigenvalue weighted by atomic mass is 79.9. The van der Waals surface area contributed by atoms with Crippen molar-refractivity contribution in [3.63, 3.8) is 0 Å². The largest absolute Gasteiger partial charge is 0.322 e. The Kier molecular flexibility index (Phi) is 3.23. The van der Waals surface area contributed by atoms with E-state index in [2.05, 4.69) is 31.4 Å². The first-order valence-electron chi connectivity index (χ1n) is 5.83. The minimum absolute atomic E-state index is 0.000454. The monoisotopic (exact) mass is 333 g/mol. The predicted octanol–water partition coefficient (Wildman–Crippen LogP) is 3.72. The van der Waals surface area contributed by atoms with Crippen LogP contribution in [0, 0.1) is 5.82 Å². The molecule has 0 aliphatic carbocycles. The molecule has 100 valence electrons. The number of hydrogen-bond donors (Lipinski definition) is 2. The Bertz CT molecular complexity index is 800. The third-order valence-electron chi connectivity index (χ3n) is 2.87. The number of rotatable bonds is 2. The fourth-order valence-corrected chi connectivity index (χ4v) is 2.23. The second-order valence-electron chi connectivity index (χ2n) is 4.25. The second kappa shape index (κ2) is 5.05. The highest BCUT2D eigenvalue weighted by Gasteiger charge is 2.12. The number of anilines is 1. The van der Waals surface area contributed by atoms with E-state index in [0.717, 1.165) is 10.9 Å². The molecule has 0 spiro atoms. The van der Waals surface area contributed by atoms with Crippen molar-refractivity contribution in [1.29, 1.82) is 0 Å². The summed E-state index contributed by atoms with van der Waals surface area (Å²) in [6.07, 6.45) is 1.66. The van der Waals surface area contributed by atoms with Gasteiger partial charge in [-0.2, -0.15) is 5.10 Å². The van der Waals surface area contributed by atoms with E-state index >= 15 is 0 Å². The van der Waals surface area contributed by atoms with Crippen LogP contribution in [0.4, 0.5) is 10.1 Å². The molecule has 0 atom stereocenters. The molecule has 1 heterocycles. The standard InChI is InChI=1S/C14H9BrFN3O/c15-9-1-3-11(12(16)6-9)14(20)18-10-2-4-13-8(5-10)7-17-19-13/h1-7H,(H,17,19)(H,18,20). The maximum absolute atomic E-state index is 13.7. The molecule has 0 radical (unpaired) electrons. The summed E-state index contributed by atoms with van der Waals surface area (Å²) in [6, 6.07) is 9.62.